The summed E-state index contributed by atoms with van der Waals surface area (Å²) in [6.07, 6.45) is 6.51. The van der Waals surface area contributed by atoms with Crippen LogP contribution in [0.4, 0.5) is 0 Å². The van der Waals surface area contributed by atoms with Crippen molar-refractivity contribution in [3.63, 3.8) is 0 Å². The lowest BCUT2D eigenvalue weighted by atomic mass is 10.1. The molecule has 3 nitrogen and oxygen atoms in total. The highest BCUT2D eigenvalue weighted by atomic mass is 32.1. The van der Waals surface area contributed by atoms with Gasteiger partial charge in [0, 0.05) is 37.1 Å². The monoisotopic (exact) mass is 306 g/mol. The van der Waals surface area contributed by atoms with E-state index in [1.807, 2.05) is 0 Å². The maximum absolute atomic E-state index is 12.6. The highest BCUT2D eigenvalue weighted by molar-refractivity contribution is 7.14. The number of thiophene rings is 1. The van der Waals surface area contributed by atoms with Gasteiger partial charge in [0.15, 0.2) is 0 Å². The molecule has 116 valence electrons. The molecule has 1 aliphatic carbocycles. The Balaban J connectivity index is 1.59. The van der Waals surface area contributed by atoms with E-state index in [1.165, 1.54) is 36.1 Å². The molecule has 21 heavy (non-hydrogen) atoms. The van der Waals surface area contributed by atoms with Crippen molar-refractivity contribution in [1.29, 1.82) is 0 Å². The van der Waals surface area contributed by atoms with E-state index >= 15 is 0 Å². The van der Waals surface area contributed by atoms with E-state index in [2.05, 4.69) is 29.7 Å². The van der Waals surface area contributed by atoms with Gasteiger partial charge in [-0.1, -0.05) is 19.8 Å². The van der Waals surface area contributed by atoms with Crippen LogP contribution in [0.5, 0.6) is 0 Å². The molecule has 2 fully saturated rings. The van der Waals surface area contributed by atoms with Gasteiger partial charge in [-0.3, -0.25) is 9.69 Å². The molecule has 0 unspecified atom stereocenters. The molecule has 4 heteroatoms. The number of rotatable bonds is 3. The summed E-state index contributed by atoms with van der Waals surface area (Å²) in [4.78, 5) is 19.5. The molecule has 1 aromatic rings. The second kappa shape index (κ2) is 6.49. The molecule has 0 radical (unpaired) electrons. The quantitative estimate of drug-likeness (QED) is 0.855. The molecule has 0 bridgehead atoms. The van der Waals surface area contributed by atoms with Crippen LogP contribution in [-0.2, 0) is 6.42 Å². The van der Waals surface area contributed by atoms with Crippen molar-refractivity contribution < 1.29 is 4.79 Å². The van der Waals surface area contributed by atoms with Crippen LogP contribution in [0, 0.1) is 6.92 Å². The zero-order valence-corrected chi connectivity index (χ0v) is 14.0. The second-order valence-electron chi connectivity index (χ2n) is 6.31. The lowest BCUT2D eigenvalue weighted by Gasteiger charge is -2.37. The third-order valence-corrected chi connectivity index (χ3v) is 6.14. The molecular formula is C17H26N2OS. The van der Waals surface area contributed by atoms with Crippen molar-refractivity contribution in [2.24, 2.45) is 0 Å². The normalized spacial score (nSPS) is 21.1. The highest BCUT2D eigenvalue weighted by Gasteiger charge is 2.28. The average Bonchev–Trinajstić information content (AvgIpc) is 3.16. The number of hydrogen-bond acceptors (Lipinski definition) is 3. The number of carbonyl (C=O) groups excluding carboxylic acids is 1. The van der Waals surface area contributed by atoms with Crippen molar-refractivity contribution in [3.05, 3.63) is 21.4 Å². The molecule has 0 atom stereocenters. The second-order valence-corrected chi connectivity index (χ2v) is 7.57. The fraction of sp³-hybridized carbons (Fsp3) is 0.706. The molecule has 3 rings (SSSR count). The Morgan fingerprint density at radius 3 is 2.48 bits per heavy atom. The molecule has 2 aliphatic rings. The fourth-order valence-corrected chi connectivity index (χ4v) is 4.77. The van der Waals surface area contributed by atoms with Crippen LogP contribution in [0.2, 0.25) is 0 Å². The van der Waals surface area contributed by atoms with E-state index in [0.29, 0.717) is 0 Å². The van der Waals surface area contributed by atoms with Gasteiger partial charge in [0.25, 0.3) is 5.91 Å². The van der Waals surface area contributed by atoms with Crippen molar-refractivity contribution >= 4 is 17.2 Å². The highest BCUT2D eigenvalue weighted by Crippen LogP contribution is 2.26. The first-order valence-electron chi connectivity index (χ1n) is 8.31. The first-order chi connectivity index (χ1) is 10.2. The van der Waals surface area contributed by atoms with Gasteiger partial charge < -0.3 is 4.90 Å². The SMILES string of the molecule is CCc1cc(C(=O)N2CCN(C3CCCC3)CC2)sc1C. The Kier molecular flexibility index (Phi) is 4.65. The average molecular weight is 306 g/mol. The van der Waals surface area contributed by atoms with Crippen molar-refractivity contribution in [2.45, 2.75) is 52.0 Å². The zero-order valence-electron chi connectivity index (χ0n) is 13.2. The van der Waals surface area contributed by atoms with Gasteiger partial charge in [0.05, 0.1) is 4.88 Å². The van der Waals surface area contributed by atoms with Gasteiger partial charge in [-0.15, -0.1) is 11.3 Å². The lowest BCUT2D eigenvalue weighted by Crippen LogP contribution is -2.51. The summed E-state index contributed by atoms with van der Waals surface area (Å²) in [6, 6.07) is 2.89. The molecule has 1 saturated carbocycles. The Hall–Kier alpha value is -0.870. The molecule has 1 aliphatic heterocycles. The summed E-state index contributed by atoms with van der Waals surface area (Å²) in [5.74, 6) is 0.244. The number of nitrogens with zero attached hydrogens (tertiary/aromatic N) is 2. The van der Waals surface area contributed by atoms with Gasteiger partial charge in [-0.25, -0.2) is 0 Å². The van der Waals surface area contributed by atoms with Gasteiger partial charge in [0.2, 0.25) is 0 Å². The molecule has 1 saturated heterocycles. The Morgan fingerprint density at radius 2 is 1.90 bits per heavy atom. The maximum atomic E-state index is 12.6. The van der Waals surface area contributed by atoms with Crippen LogP contribution < -0.4 is 0 Å². The van der Waals surface area contributed by atoms with Gasteiger partial charge in [-0.05, 0) is 37.8 Å². The van der Waals surface area contributed by atoms with E-state index in [1.54, 1.807) is 11.3 Å². The molecule has 1 amide bonds. The smallest absolute Gasteiger partial charge is 0.264 e. The van der Waals surface area contributed by atoms with E-state index in [-0.39, 0.29) is 5.91 Å². The minimum Gasteiger partial charge on any atom is -0.335 e. The predicted molar refractivity (Wildman–Crippen MR) is 88.2 cm³/mol. The summed E-state index contributed by atoms with van der Waals surface area (Å²) in [7, 11) is 0. The molecule has 1 aromatic heterocycles. The summed E-state index contributed by atoms with van der Waals surface area (Å²) in [5, 5.41) is 0. The molecule has 0 N–H and O–H groups in total. The third kappa shape index (κ3) is 3.16. The molecule has 2 heterocycles. The third-order valence-electron chi connectivity index (χ3n) is 5.05. The van der Waals surface area contributed by atoms with Gasteiger partial charge in [-0.2, -0.15) is 0 Å². The first kappa shape index (κ1) is 15.0. The van der Waals surface area contributed by atoms with Gasteiger partial charge >= 0.3 is 0 Å². The Labute approximate surface area is 131 Å². The van der Waals surface area contributed by atoms with Crippen molar-refractivity contribution in [3.8, 4) is 0 Å². The first-order valence-corrected chi connectivity index (χ1v) is 9.13. The summed E-state index contributed by atoms with van der Waals surface area (Å²) in [5.41, 5.74) is 1.33. The number of piperazine rings is 1. The van der Waals surface area contributed by atoms with E-state index < -0.39 is 0 Å². The molecule has 0 spiro atoms. The van der Waals surface area contributed by atoms with Crippen LogP contribution in [0.1, 0.15) is 52.7 Å². The largest absolute Gasteiger partial charge is 0.335 e. The minimum atomic E-state index is 0.244. The Morgan fingerprint density at radius 1 is 1.24 bits per heavy atom. The lowest BCUT2D eigenvalue weighted by molar-refractivity contribution is 0.0578. The van der Waals surface area contributed by atoms with Crippen LogP contribution in [0.15, 0.2) is 6.07 Å². The maximum Gasteiger partial charge on any atom is 0.264 e. The molecule has 0 aromatic carbocycles. The zero-order chi connectivity index (χ0) is 14.8. The number of amides is 1. The number of carbonyl (C=O) groups is 1. The summed E-state index contributed by atoms with van der Waals surface area (Å²) in [6.45, 7) is 8.19. The standard InChI is InChI=1S/C17H26N2OS/c1-3-14-12-16(21-13(14)2)17(20)19-10-8-18(9-11-19)15-6-4-5-7-15/h12,15H,3-11H2,1-2H3. The summed E-state index contributed by atoms with van der Waals surface area (Å²) >= 11 is 1.66. The van der Waals surface area contributed by atoms with Crippen LogP contribution in [0.25, 0.3) is 0 Å². The predicted octanol–water partition coefficient (Wildman–Crippen LogP) is 3.32. The number of hydrogen-bond donors (Lipinski definition) is 0. The topological polar surface area (TPSA) is 23.6 Å². The fourth-order valence-electron chi connectivity index (χ4n) is 3.69. The summed E-state index contributed by atoms with van der Waals surface area (Å²) < 4.78 is 0. The van der Waals surface area contributed by atoms with E-state index in [0.717, 1.165) is 43.5 Å². The van der Waals surface area contributed by atoms with E-state index in [9.17, 15) is 4.79 Å². The van der Waals surface area contributed by atoms with Crippen molar-refractivity contribution in [1.82, 2.24) is 9.80 Å². The van der Waals surface area contributed by atoms with Crippen LogP contribution in [-0.4, -0.2) is 47.9 Å². The van der Waals surface area contributed by atoms with Crippen LogP contribution >= 0.6 is 11.3 Å². The van der Waals surface area contributed by atoms with Crippen molar-refractivity contribution in [2.75, 3.05) is 26.2 Å². The van der Waals surface area contributed by atoms with Crippen LogP contribution in [0.3, 0.4) is 0 Å². The number of aryl methyl sites for hydroxylation is 2. The molecular weight excluding hydrogens is 280 g/mol. The van der Waals surface area contributed by atoms with Gasteiger partial charge in [0.1, 0.15) is 0 Å². The van der Waals surface area contributed by atoms with E-state index in [4.69, 9.17) is 0 Å². The minimum absolute atomic E-state index is 0.244. The Bertz CT molecular complexity index is 497.